The highest BCUT2D eigenvalue weighted by molar-refractivity contribution is 7.97. The number of nitrogens with zero attached hydrogens (tertiary/aromatic N) is 1. The Labute approximate surface area is 143 Å². The van der Waals surface area contributed by atoms with Crippen molar-refractivity contribution in [1.29, 1.82) is 0 Å². The molecule has 0 radical (unpaired) electrons. The van der Waals surface area contributed by atoms with Crippen molar-refractivity contribution >= 4 is 17.7 Å². The van der Waals surface area contributed by atoms with E-state index in [0.29, 0.717) is 18.1 Å². The monoisotopic (exact) mass is 339 g/mol. The van der Waals surface area contributed by atoms with Gasteiger partial charge in [0.25, 0.3) is 11.5 Å². The van der Waals surface area contributed by atoms with Gasteiger partial charge in [-0.3, -0.25) is 9.59 Å². The van der Waals surface area contributed by atoms with Crippen LogP contribution in [0.2, 0.25) is 0 Å². The van der Waals surface area contributed by atoms with Crippen LogP contribution < -0.4 is 10.9 Å². The molecule has 1 aromatic rings. The molecule has 23 heavy (non-hydrogen) atoms. The second-order valence-corrected chi connectivity index (χ2v) is 6.61. The number of aromatic nitrogens is 2. The van der Waals surface area contributed by atoms with Crippen molar-refractivity contribution in [2.45, 2.75) is 64.0 Å². The van der Waals surface area contributed by atoms with E-state index in [1.54, 1.807) is 11.8 Å². The molecule has 0 saturated heterocycles. The minimum Gasteiger partial charge on any atom is -0.351 e. The molecule has 0 spiro atoms. The second kappa shape index (κ2) is 12.2. The molecule has 5 nitrogen and oxygen atoms in total. The fraction of sp³-hybridized carbons (Fsp3) is 0.706. The summed E-state index contributed by atoms with van der Waals surface area (Å²) in [6, 6.07) is 1.26. The fourth-order valence-corrected chi connectivity index (χ4v) is 2.79. The molecule has 0 saturated carbocycles. The normalized spacial score (nSPS) is 10.7. The molecule has 0 aromatic carbocycles. The van der Waals surface area contributed by atoms with E-state index in [-0.39, 0.29) is 17.2 Å². The molecule has 0 aliphatic rings. The van der Waals surface area contributed by atoms with Crippen LogP contribution in [0, 0.1) is 0 Å². The zero-order chi connectivity index (χ0) is 16.9. The van der Waals surface area contributed by atoms with Crippen molar-refractivity contribution in [2.75, 3.05) is 12.8 Å². The van der Waals surface area contributed by atoms with Crippen molar-refractivity contribution in [3.8, 4) is 0 Å². The van der Waals surface area contributed by atoms with Crippen LogP contribution in [0.25, 0.3) is 0 Å². The minimum atomic E-state index is -0.277. The van der Waals surface area contributed by atoms with Gasteiger partial charge >= 0.3 is 0 Å². The Bertz CT molecular complexity index is 517. The molecule has 0 atom stereocenters. The largest absolute Gasteiger partial charge is 0.351 e. The van der Waals surface area contributed by atoms with Gasteiger partial charge in [0.2, 0.25) is 0 Å². The number of nitrogens with one attached hydrogen (secondary N) is 2. The molecule has 6 heteroatoms. The molecular weight excluding hydrogens is 310 g/mol. The smallest absolute Gasteiger partial charge is 0.270 e. The van der Waals surface area contributed by atoms with E-state index in [4.69, 9.17) is 0 Å². The Morgan fingerprint density at radius 1 is 1.17 bits per heavy atom. The lowest BCUT2D eigenvalue weighted by Crippen LogP contribution is -2.27. The van der Waals surface area contributed by atoms with Gasteiger partial charge in [-0.2, -0.15) is 11.8 Å². The number of thioether (sulfide) groups is 1. The molecule has 0 aliphatic carbocycles. The zero-order valence-corrected chi connectivity index (χ0v) is 15.1. The lowest BCUT2D eigenvalue weighted by Gasteiger charge is -2.06. The third-order valence-corrected chi connectivity index (χ3v) is 4.18. The van der Waals surface area contributed by atoms with Gasteiger partial charge < -0.3 is 10.3 Å². The number of unbranched alkanes of at least 4 members (excludes halogenated alkanes) is 7. The number of rotatable bonds is 12. The van der Waals surface area contributed by atoms with Crippen molar-refractivity contribution in [2.24, 2.45) is 0 Å². The van der Waals surface area contributed by atoms with Crippen LogP contribution in [0.4, 0.5) is 0 Å². The van der Waals surface area contributed by atoms with Crippen LogP contribution >= 0.6 is 11.8 Å². The van der Waals surface area contributed by atoms with Gasteiger partial charge in [-0.05, 0) is 12.7 Å². The van der Waals surface area contributed by atoms with E-state index in [0.717, 1.165) is 12.8 Å². The summed E-state index contributed by atoms with van der Waals surface area (Å²) < 4.78 is 0. The summed E-state index contributed by atoms with van der Waals surface area (Å²) in [4.78, 5) is 30.4. The van der Waals surface area contributed by atoms with E-state index in [9.17, 15) is 9.59 Å². The SMILES string of the molecule is CCCCCCCCCCNC(=O)c1cc(=O)[nH]c(CSC)n1. The number of hydrogen-bond acceptors (Lipinski definition) is 4. The average molecular weight is 340 g/mol. The Hall–Kier alpha value is -1.30. The third kappa shape index (κ3) is 8.79. The third-order valence-electron chi connectivity index (χ3n) is 3.62. The summed E-state index contributed by atoms with van der Waals surface area (Å²) in [5.41, 5.74) is -0.0707. The van der Waals surface area contributed by atoms with Crippen LogP contribution in [0.5, 0.6) is 0 Å². The molecule has 0 bridgehead atoms. The van der Waals surface area contributed by atoms with Crippen molar-refractivity contribution in [1.82, 2.24) is 15.3 Å². The number of carbonyl (C=O) groups excluding carboxylic acids is 1. The molecule has 1 amide bonds. The van der Waals surface area contributed by atoms with Crippen LogP contribution in [0.1, 0.15) is 74.6 Å². The first-order valence-electron chi connectivity index (χ1n) is 8.54. The minimum absolute atomic E-state index is 0.206. The highest BCUT2D eigenvalue weighted by Gasteiger charge is 2.09. The maximum atomic E-state index is 12.0. The van der Waals surface area contributed by atoms with E-state index < -0.39 is 0 Å². The molecular formula is C17H29N3O2S. The first kappa shape index (κ1) is 19.7. The topological polar surface area (TPSA) is 74.8 Å². The summed E-state index contributed by atoms with van der Waals surface area (Å²) in [5.74, 6) is 0.873. The Morgan fingerprint density at radius 2 is 1.83 bits per heavy atom. The lowest BCUT2D eigenvalue weighted by atomic mass is 10.1. The molecule has 0 aliphatic heterocycles. The summed E-state index contributed by atoms with van der Waals surface area (Å²) in [5, 5.41) is 2.85. The molecule has 1 aromatic heterocycles. The molecule has 2 N–H and O–H groups in total. The molecule has 0 unspecified atom stereocenters. The predicted molar refractivity (Wildman–Crippen MR) is 97.0 cm³/mol. The van der Waals surface area contributed by atoms with Crippen molar-refractivity contribution in [3.63, 3.8) is 0 Å². The summed E-state index contributed by atoms with van der Waals surface area (Å²) >= 11 is 1.55. The number of amides is 1. The van der Waals surface area contributed by atoms with Crippen LogP contribution in [-0.2, 0) is 5.75 Å². The molecule has 130 valence electrons. The quantitative estimate of drug-likeness (QED) is 0.572. The lowest BCUT2D eigenvalue weighted by molar-refractivity contribution is 0.0947. The summed E-state index contributed by atoms with van der Waals surface area (Å²) in [6.45, 7) is 2.86. The molecule has 1 rings (SSSR count). The first-order chi connectivity index (χ1) is 11.2. The van der Waals surface area contributed by atoms with Crippen LogP contribution in [-0.4, -0.2) is 28.7 Å². The van der Waals surface area contributed by atoms with Gasteiger partial charge in [0.05, 0.1) is 5.75 Å². The summed E-state index contributed by atoms with van der Waals surface area (Å²) in [7, 11) is 0. The van der Waals surface area contributed by atoms with Gasteiger partial charge in [0.1, 0.15) is 11.5 Å². The fourth-order valence-electron chi connectivity index (χ4n) is 2.38. The van der Waals surface area contributed by atoms with E-state index >= 15 is 0 Å². The maximum Gasteiger partial charge on any atom is 0.270 e. The van der Waals surface area contributed by atoms with Gasteiger partial charge in [0, 0.05) is 12.6 Å². The molecule has 0 fully saturated rings. The second-order valence-electron chi connectivity index (χ2n) is 5.74. The van der Waals surface area contributed by atoms with Gasteiger partial charge in [-0.25, -0.2) is 4.98 Å². The van der Waals surface area contributed by atoms with Crippen LogP contribution in [0.15, 0.2) is 10.9 Å². The Morgan fingerprint density at radius 3 is 2.48 bits per heavy atom. The van der Waals surface area contributed by atoms with E-state index in [2.05, 4.69) is 22.2 Å². The number of hydrogen-bond donors (Lipinski definition) is 2. The highest BCUT2D eigenvalue weighted by atomic mass is 32.2. The number of aromatic amines is 1. The average Bonchev–Trinajstić information content (AvgIpc) is 2.53. The van der Waals surface area contributed by atoms with Crippen LogP contribution in [0.3, 0.4) is 0 Å². The van der Waals surface area contributed by atoms with E-state index in [1.165, 1.54) is 44.6 Å². The summed E-state index contributed by atoms with van der Waals surface area (Å²) in [6.07, 6.45) is 11.8. The Balaban J connectivity index is 2.22. The number of H-pyrrole nitrogens is 1. The van der Waals surface area contributed by atoms with Gasteiger partial charge in [0.15, 0.2) is 0 Å². The first-order valence-corrected chi connectivity index (χ1v) is 9.94. The van der Waals surface area contributed by atoms with E-state index in [1.807, 2.05) is 6.26 Å². The molecule has 1 heterocycles. The van der Waals surface area contributed by atoms with Crippen molar-refractivity contribution < 1.29 is 4.79 Å². The number of carbonyl (C=O) groups is 1. The Kier molecular flexibility index (Phi) is 10.4. The standard InChI is InChI=1S/C17H29N3O2S/c1-3-4-5-6-7-8-9-10-11-18-17(22)14-12-16(21)20-15(19-14)13-23-2/h12H,3-11,13H2,1-2H3,(H,18,22)(H,19,20,21). The van der Waals surface area contributed by atoms with Crippen molar-refractivity contribution in [3.05, 3.63) is 27.9 Å². The van der Waals surface area contributed by atoms with Gasteiger partial charge in [-0.15, -0.1) is 0 Å². The highest BCUT2D eigenvalue weighted by Crippen LogP contribution is 2.08. The maximum absolute atomic E-state index is 12.0. The zero-order valence-electron chi connectivity index (χ0n) is 14.3. The van der Waals surface area contributed by atoms with Gasteiger partial charge in [-0.1, -0.05) is 51.9 Å². The predicted octanol–water partition coefficient (Wildman–Crippen LogP) is 3.50.